The summed E-state index contributed by atoms with van der Waals surface area (Å²) in [5.74, 6) is 1.08. The lowest BCUT2D eigenvalue weighted by Crippen LogP contribution is -2.53. The fourth-order valence-corrected chi connectivity index (χ4v) is 3.16. The van der Waals surface area contributed by atoms with Gasteiger partial charge in [-0.25, -0.2) is 4.79 Å². The molecule has 108 valence electrons. The second kappa shape index (κ2) is 6.00. The van der Waals surface area contributed by atoms with Gasteiger partial charge in [0.2, 0.25) is 0 Å². The minimum atomic E-state index is -1.03. The molecule has 0 radical (unpaired) electrons. The first kappa shape index (κ1) is 14.5. The van der Waals surface area contributed by atoms with Crippen LogP contribution < -0.4 is 5.32 Å². The summed E-state index contributed by atoms with van der Waals surface area (Å²) in [6.07, 6.45) is 0.982. The number of nitrogens with one attached hydrogen (secondary N) is 1. The number of amides is 2. The number of carbonyl (C=O) groups is 2. The number of rotatable bonds is 2. The van der Waals surface area contributed by atoms with E-state index in [1.807, 2.05) is 11.8 Å². The van der Waals surface area contributed by atoms with E-state index < -0.39 is 17.4 Å². The summed E-state index contributed by atoms with van der Waals surface area (Å²) in [5, 5.41) is 12.1. The number of nitrogens with zero attached hydrogens (tertiary/aromatic N) is 1. The van der Waals surface area contributed by atoms with Crippen LogP contribution in [-0.2, 0) is 9.53 Å². The van der Waals surface area contributed by atoms with Gasteiger partial charge in [-0.1, -0.05) is 0 Å². The molecular weight excluding hydrogens is 268 g/mol. The van der Waals surface area contributed by atoms with E-state index in [0.29, 0.717) is 6.54 Å². The summed E-state index contributed by atoms with van der Waals surface area (Å²) in [6, 6.07) is -0.640. The van der Waals surface area contributed by atoms with Crippen molar-refractivity contribution >= 4 is 23.8 Å². The van der Waals surface area contributed by atoms with Gasteiger partial charge in [-0.05, 0) is 19.1 Å². The van der Waals surface area contributed by atoms with Crippen LogP contribution in [-0.4, -0.2) is 65.9 Å². The summed E-state index contributed by atoms with van der Waals surface area (Å²) in [6.45, 7) is 3.47. The Labute approximate surface area is 116 Å². The first-order valence-corrected chi connectivity index (χ1v) is 7.64. The summed E-state index contributed by atoms with van der Waals surface area (Å²) in [7, 11) is 0. The van der Waals surface area contributed by atoms with Gasteiger partial charge in [0.15, 0.2) is 0 Å². The number of hydrogen-bond donors (Lipinski definition) is 2. The highest BCUT2D eigenvalue weighted by atomic mass is 32.2. The van der Waals surface area contributed by atoms with E-state index in [9.17, 15) is 14.7 Å². The Morgan fingerprint density at radius 1 is 1.42 bits per heavy atom. The second-order valence-electron chi connectivity index (χ2n) is 5.19. The number of carboxylic acids is 1. The zero-order valence-corrected chi connectivity index (χ0v) is 11.9. The van der Waals surface area contributed by atoms with E-state index in [1.54, 1.807) is 11.8 Å². The molecule has 0 bridgehead atoms. The standard InChI is InChI=1S/C12H20N2O4S/c1-12(10(15)16)8-18-7-9(12)13-11(17)14-3-2-5-19-6-4-14/h9H,2-8H2,1H3,(H,13,17)(H,15,16). The fraction of sp³-hybridized carbons (Fsp3) is 0.833. The van der Waals surface area contributed by atoms with Crippen molar-refractivity contribution in [1.29, 1.82) is 0 Å². The van der Waals surface area contributed by atoms with Gasteiger partial charge in [-0.15, -0.1) is 0 Å². The monoisotopic (exact) mass is 288 g/mol. The zero-order chi connectivity index (χ0) is 13.9. The molecule has 0 aromatic carbocycles. The summed E-state index contributed by atoms with van der Waals surface area (Å²) >= 11 is 1.84. The van der Waals surface area contributed by atoms with Gasteiger partial charge in [-0.2, -0.15) is 11.8 Å². The van der Waals surface area contributed by atoms with Gasteiger partial charge in [0.25, 0.3) is 0 Å². The van der Waals surface area contributed by atoms with Crippen LogP contribution in [0.25, 0.3) is 0 Å². The van der Waals surface area contributed by atoms with E-state index in [0.717, 1.165) is 24.5 Å². The predicted molar refractivity (Wildman–Crippen MR) is 72.4 cm³/mol. The molecule has 2 unspecified atom stereocenters. The molecule has 2 heterocycles. The Kier molecular flexibility index (Phi) is 4.57. The van der Waals surface area contributed by atoms with E-state index in [1.165, 1.54) is 0 Å². The Bertz CT molecular complexity index is 358. The highest BCUT2D eigenvalue weighted by Crippen LogP contribution is 2.28. The maximum Gasteiger partial charge on any atom is 0.317 e. The first-order chi connectivity index (χ1) is 9.04. The van der Waals surface area contributed by atoms with Crippen molar-refractivity contribution in [2.24, 2.45) is 5.41 Å². The van der Waals surface area contributed by atoms with Gasteiger partial charge >= 0.3 is 12.0 Å². The molecule has 0 aromatic rings. The van der Waals surface area contributed by atoms with Gasteiger partial charge in [-0.3, -0.25) is 4.79 Å². The smallest absolute Gasteiger partial charge is 0.317 e. The lowest BCUT2D eigenvalue weighted by Gasteiger charge is -2.28. The molecule has 6 nitrogen and oxygen atoms in total. The van der Waals surface area contributed by atoms with E-state index >= 15 is 0 Å². The summed E-state index contributed by atoms with van der Waals surface area (Å²) < 4.78 is 5.23. The topological polar surface area (TPSA) is 78.9 Å². The minimum Gasteiger partial charge on any atom is -0.481 e. The number of hydrogen-bond acceptors (Lipinski definition) is 4. The van der Waals surface area contributed by atoms with Crippen LogP contribution >= 0.6 is 11.8 Å². The SMILES string of the molecule is CC1(C(=O)O)COCC1NC(=O)N1CCCSCC1. The van der Waals surface area contributed by atoms with E-state index in [4.69, 9.17) is 4.74 Å². The third-order valence-corrected chi connectivity index (χ3v) is 4.80. The van der Waals surface area contributed by atoms with Crippen LogP contribution in [0.5, 0.6) is 0 Å². The molecule has 0 aliphatic carbocycles. The van der Waals surface area contributed by atoms with Crippen molar-refractivity contribution in [3.8, 4) is 0 Å². The van der Waals surface area contributed by atoms with Crippen LogP contribution in [0.4, 0.5) is 4.79 Å². The number of ether oxygens (including phenoxy) is 1. The number of thioether (sulfide) groups is 1. The molecule has 0 spiro atoms. The second-order valence-corrected chi connectivity index (χ2v) is 6.42. The van der Waals surface area contributed by atoms with Crippen molar-refractivity contribution in [3.05, 3.63) is 0 Å². The number of urea groups is 1. The van der Waals surface area contributed by atoms with Gasteiger partial charge in [0, 0.05) is 18.8 Å². The van der Waals surface area contributed by atoms with Crippen LogP contribution in [0.15, 0.2) is 0 Å². The number of aliphatic carboxylic acids is 1. The lowest BCUT2D eigenvalue weighted by molar-refractivity contribution is -0.148. The maximum atomic E-state index is 12.2. The number of carboxylic acid groups (broad SMARTS) is 1. The quantitative estimate of drug-likeness (QED) is 0.779. The molecule has 2 saturated heterocycles. The molecule has 2 atom stereocenters. The van der Waals surface area contributed by atoms with Crippen LogP contribution in [0.1, 0.15) is 13.3 Å². The normalized spacial score (nSPS) is 31.8. The zero-order valence-electron chi connectivity index (χ0n) is 11.1. The molecule has 2 fully saturated rings. The molecular formula is C12H20N2O4S. The largest absolute Gasteiger partial charge is 0.481 e. The maximum absolute atomic E-state index is 12.2. The highest BCUT2D eigenvalue weighted by Gasteiger charge is 2.47. The molecule has 2 amide bonds. The Balaban J connectivity index is 1.96. The molecule has 0 aromatic heterocycles. The van der Waals surface area contributed by atoms with Gasteiger partial charge in [0.1, 0.15) is 5.41 Å². The van der Waals surface area contributed by atoms with Crippen molar-refractivity contribution in [3.63, 3.8) is 0 Å². The third kappa shape index (κ3) is 3.14. The van der Waals surface area contributed by atoms with Crippen molar-refractivity contribution in [2.45, 2.75) is 19.4 Å². The summed E-state index contributed by atoms with van der Waals surface area (Å²) in [5.41, 5.74) is -1.03. The molecule has 2 rings (SSSR count). The Hall–Kier alpha value is -0.950. The lowest BCUT2D eigenvalue weighted by atomic mass is 9.85. The van der Waals surface area contributed by atoms with E-state index in [2.05, 4.69) is 5.32 Å². The van der Waals surface area contributed by atoms with Gasteiger partial charge < -0.3 is 20.1 Å². The van der Waals surface area contributed by atoms with E-state index in [-0.39, 0.29) is 19.2 Å². The number of carbonyl (C=O) groups excluding carboxylic acids is 1. The van der Waals surface area contributed by atoms with Crippen LogP contribution in [0.2, 0.25) is 0 Å². The van der Waals surface area contributed by atoms with Crippen molar-refractivity contribution in [1.82, 2.24) is 10.2 Å². The van der Waals surface area contributed by atoms with Crippen molar-refractivity contribution < 1.29 is 19.4 Å². The first-order valence-electron chi connectivity index (χ1n) is 6.48. The Morgan fingerprint density at radius 3 is 2.95 bits per heavy atom. The molecule has 19 heavy (non-hydrogen) atoms. The molecule has 2 aliphatic rings. The van der Waals surface area contributed by atoms with Crippen LogP contribution in [0.3, 0.4) is 0 Å². The average Bonchev–Trinajstić information content (AvgIpc) is 2.61. The molecule has 7 heteroatoms. The Morgan fingerprint density at radius 2 is 2.21 bits per heavy atom. The molecule has 2 aliphatic heterocycles. The minimum absolute atomic E-state index is 0.142. The van der Waals surface area contributed by atoms with Crippen LogP contribution in [0, 0.1) is 5.41 Å². The molecule has 0 saturated carbocycles. The van der Waals surface area contributed by atoms with Crippen molar-refractivity contribution in [2.75, 3.05) is 37.8 Å². The third-order valence-electron chi connectivity index (χ3n) is 3.75. The van der Waals surface area contributed by atoms with Gasteiger partial charge in [0.05, 0.1) is 19.3 Å². The summed E-state index contributed by atoms with van der Waals surface area (Å²) in [4.78, 5) is 25.2. The average molecular weight is 288 g/mol. The highest BCUT2D eigenvalue weighted by molar-refractivity contribution is 7.99. The fourth-order valence-electron chi connectivity index (χ4n) is 2.27. The predicted octanol–water partition coefficient (Wildman–Crippen LogP) is 0.625. The molecule has 2 N–H and O–H groups in total.